The van der Waals surface area contributed by atoms with Gasteiger partial charge in [0.25, 0.3) is 5.91 Å². The second-order valence-electron chi connectivity index (χ2n) is 9.92. The first-order valence-electron chi connectivity index (χ1n) is 12.7. The number of benzene rings is 2. The second-order valence-corrected chi connectivity index (χ2v) is 10.4. The number of para-hydroxylation sites is 2. The highest BCUT2D eigenvalue weighted by Crippen LogP contribution is 2.27. The minimum absolute atomic E-state index is 0.0186. The molecule has 0 saturated heterocycles. The Morgan fingerprint density at radius 2 is 1.73 bits per heavy atom. The van der Waals surface area contributed by atoms with Crippen LogP contribution in [0.5, 0.6) is 0 Å². The summed E-state index contributed by atoms with van der Waals surface area (Å²) in [4.78, 5) is 30.5. The van der Waals surface area contributed by atoms with Crippen LogP contribution < -0.4 is 11.0 Å². The highest BCUT2D eigenvalue weighted by molar-refractivity contribution is 6.30. The van der Waals surface area contributed by atoms with E-state index in [-0.39, 0.29) is 24.2 Å². The van der Waals surface area contributed by atoms with Gasteiger partial charge in [0.1, 0.15) is 0 Å². The molecule has 1 saturated carbocycles. The summed E-state index contributed by atoms with van der Waals surface area (Å²) in [6.07, 6.45) is 5.14. The molecule has 1 fully saturated rings. The number of pyridine rings is 1. The molecule has 0 radical (unpaired) electrons. The smallest absolute Gasteiger partial charge is 0.329 e. The van der Waals surface area contributed by atoms with Crippen molar-refractivity contribution in [3.05, 3.63) is 98.7 Å². The van der Waals surface area contributed by atoms with Gasteiger partial charge in [-0.05, 0) is 67.9 Å². The van der Waals surface area contributed by atoms with Crippen molar-refractivity contribution in [2.45, 2.75) is 58.3 Å². The molecular weight excluding hydrogens is 488 g/mol. The summed E-state index contributed by atoms with van der Waals surface area (Å²) in [6.45, 7) is 2.89. The average molecular weight is 519 g/mol. The fourth-order valence-electron chi connectivity index (χ4n) is 5.36. The molecule has 7 nitrogen and oxygen atoms in total. The Bertz CT molecular complexity index is 1480. The molecule has 0 aliphatic heterocycles. The number of aryl methyl sites for hydroxylation is 1. The maximum Gasteiger partial charge on any atom is 0.329 e. The van der Waals surface area contributed by atoms with Crippen molar-refractivity contribution in [1.82, 2.24) is 19.4 Å². The van der Waals surface area contributed by atoms with E-state index >= 15 is 0 Å². The highest BCUT2D eigenvalue weighted by atomic mass is 35.5. The van der Waals surface area contributed by atoms with Crippen molar-refractivity contribution in [3.8, 4) is 0 Å². The number of halogens is 1. The molecule has 2 aromatic carbocycles. The van der Waals surface area contributed by atoms with Crippen LogP contribution in [0.25, 0.3) is 11.0 Å². The molecule has 2 N–H and O–H groups in total. The summed E-state index contributed by atoms with van der Waals surface area (Å²) in [5, 5.41) is 13.1. The first kappa shape index (κ1) is 25.2. The lowest BCUT2D eigenvalue weighted by Gasteiger charge is -2.29. The maximum atomic E-state index is 13.5. The second kappa shape index (κ2) is 10.9. The van der Waals surface area contributed by atoms with Gasteiger partial charge in [0.05, 0.1) is 40.5 Å². The van der Waals surface area contributed by atoms with Crippen molar-refractivity contribution in [2.24, 2.45) is 5.92 Å². The molecule has 1 aliphatic rings. The van der Waals surface area contributed by atoms with Gasteiger partial charge in [-0.25, -0.2) is 4.79 Å². The predicted octanol–water partition coefficient (Wildman–Crippen LogP) is 4.69. The number of aliphatic hydroxyl groups excluding tert-OH is 1. The lowest BCUT2D eigenvalue weighted by atomic mass is 9.85. The van der Waals surface area contributed by atoms with Gasteiger partial charge in [0, 0.05) is 18.8 Å². The summed E-state index contributed by atoms with van der Waals surface area (Å²) in [6, 6.07) is 17.4. The Labute approximate surface area is 220 Å². The molecule has 5 rings (SSSR count). The zero-order valence-corrected chi connectivity index (χ0v) is 21.6. The fourth-order valence-corrected chi connectivity index (χ4v) is 5.52. The van der Waals surface area contributed by atoms with E-state index in [4.69, 9.17) is 11.6 Å². The number of aromatic nitrogens is 3. The van der Waals surface area contributed by atoms with Gasteiger partial charge in [-0.2, -0.15) is 0 Å². The first-order valence-corrected chi connectivity index (χ1v) is 13.1. The van der Waals surface area contributed by atoms with Gasteiger partial charge in [-0.15, -0.1) is 0 Å². The molecule has 0 spiro atoms. The lowest BCUT2D eigenvalue weighted by molar-refractivity contribution is 0.0919. The van der Waals surface area contributed by atoms with Crippen LogP contribution in [0.3, 0.4) is 0 Å². The van der Waals surface area contributed by atoms with E-state index in [1.165, 1.54) is 0 Å². The van der Waals surface area contributed by atoms with Crippen LogP contribution in [-0.2, 0) is 19.7 Å². The fraction of sp³-hybridized carbons (Fsp3) is 0.345. The number of imidazole rings is 1. The number of amides is 1. The molecule has 1 aliphatic carbocycles. The molecule has 4 aromatic rings. The number of aliphatic hydroxyl groups is 1. The summed E-state index contributed by atoms with van der Waals surface area (Å²) in [7, 11) is 0. The van der Waals surface area contributed by atoms with Crippen molar-refractivity contribution in [2.75, 3.05) is 0 Å². The average Bonchev–Trinajstić information content (AvgIpc) is 3.17. The zero-order valence-electron chi connectivity index (χ0n) is 20.9. The number of carbonyl (C=O) groups is 1. The number of rotatable bonds is 7. The number of carbonyl (C=O) groups excluding carboxylic acids is 1. The Balaban J connectivity index is 1.28. The van der Waals surface area contributed by atoms with Gasteiger partial charge in [-0.3, -0.25) is 18.9 Å². The number of nitrogens with zero attached hydrogens (tertiary/aromatic N) is 3. The molecule has 192 valence electrons. The molecule has 2 aromatic heterocycles. The van der Waals surface area contributed by atoms with E-state index < -0.39 is 0 Å². The molecule has 0 bridgehead atoms. The van der Waals surface area contributed by atoms with Crippen LogP contribution in [0, 0.1) is 12.8 Å². The minimum Gasteiger partial charge on any atom is -0.392 e. The van der Waals surface area contributed by atoms with Crippen LogP contribution in [0.4, 0.5) is 0 Å². The SMILES string of the molecule is Cc1ncc(Cl)cc1C(=O)N[C@H]1CC[C@H](Cn2c(=O)n(Cc3cccc(CO)c3)c3ccccc32)CC1. The first-order chi connectivity index (χ1) is 17.9. The van der Waals surface area contributed by atoms with E-state index in [9.17, 15) is 14.7 Å². The Morgan fingerprint density at radius 3 is 2.46 bits per heavy atom. The molecule has 8 heteroatoms. The quantitative estimate of drug-likeness (QED) is 0.371. The van der Waals surface area contributed by atoms with Crippen LogP contribution in [0.15, 0.2) is 65.6 Å². The van der Waals surface area contributed by atoms with Crippen molar-refractivity contribution >= 4 is 28.5 Å². The molecule has 2 heterocycles. The van der Waals surface area contributed by atoms with Gasteiger partial charge in [-0.1, -0.05) is 48.0 Å². The molecule has 0 atom stereocenters. The number of hydrogen-bond donors (Lipinski definition) is 2. The van der Waals surface area contributed by atoms with Crippen LogP contribution >= 0.6 is 11.6 Å². The van der Waals surface area contributed by atoms with Crippen LogP contribution in [0.1, 0.15) is 52.9 Å². The third-order valence-corrected chi connectivity index (χ3v) is 7.57. The van der Waals surface area contributed by atoms with Crippen molar-refractivity contribution in [1.29, 1.82) is 0 Å². The summed E-state index contributed by atoms with van der Waals surface area (Å²) in [5.41, 5.74) is 4.82. The standard InChI is InChI=1S/C29H31ClN4O3/c1-19-25(14-23(30)15-31-19)28(36)32-24-11-9-20(10-12-24)16-33-26-7-2-3-8-27(26)34(29(33)37)17-21-5-4-6-22(13-21)18-35/h2-8,13-15,20,24,35H,9-12,16-18H2,1H3,(H,32,36)/t20-,24-. The predicted molar refractivity (Wildman–Crippen MR) is 145 cm³/mol. The van der Waals surface area contributed by atoms with Crippen molar-refractivity contribution < 1.29 is 9.90 Å². The van der Waals surface area contributed by atoms with Gasteiger partial charge < -0.3 is 10.4 Å². The zero-order chi connectivity index (χ0) is 25.9. The minimum atomic E-state index is -0.138. The molecule has 1 amide bonds. The molecular formula is C29H31ClN4O3. The summed E-state index contributed by atoms with van der Waals surface area (Å²) < 4.78 is 3.72. The Kier molecular flexibility index (Phi) is 7.44. The number of nitrogens with one attached hydrogen (secondary N) is 1. The molecule has 0 unspecified atom stereocenters. The van der Waals surface area contributed by atoms with Gasteiger partial charge in [0.2, 0.25) is 0 Å². The van der Waals surface area contributed by atoms with Gasteiger partial charge >= 0.3 is 5.69 Å². The van der Waals surface area contributed by atoms with Crippen molar-refractivity contribution in [3.63, 3.8) is 0 Å². The van der Waals surface area contributed by atoms with E-state index in [1.807, 2.05) is 57.7 Å². The maximum absolute atomic E-state index is 13.5. The Hall–Kier alpha value is -3.42. The summed E-state index contributed by atoms with van der Waals surface area (Å²) >= 11 is 6.03. The summed E-state index contributed by atoms with van der Waals surface area (Å²) in [5.74, 6) is 0.220. The van der Waals surface area contributed by atoms with E-state index in [0.29, 0.717) is 35.3 Å². The topological polar surface area (TPSA) is 89.2 Å². The third kappa shape index (κ3) is 5.48. The van der Waals surface area contributed by atoms with E-state index in [0.717, 1.165) is 47.8 Å². The number of fused-ring (bicyclic) bond motifs is 1. The monoisotopic (exact) mass is 518 g/mol. The highest BCUT2D eigenvalue weighted by Gasteiger charge is 2.25. The third-order valence-electron chi connectivity index (χ3n) is 7.36. The Morgan fingerprint density at radius 1 is 1.03 bits per heavy atom. The molecule has 37 heavy (non-hydrogen) atoms. The van der Waals surface area contributed by atoms with Crippen LogP contribution in [-0.4, -0.2) is 31.2 Å². The van der Waals surface area contributed by atoms with Gasteiger partial charge in [0.15, 0.2) is 0 Å². The normalized spacial score (nSPS) is 17.7. The van der Waals surface area contributed by atoms with E-state index in [2.05, 4.69) is 10.3 Å². The van der Waals surface area contributed by atoms with Crippen LogP contribution in [0.2, 0.25) is 5.02 Å². The van der Waals surface area contributed by atoms with E-state index in [1.54, 1.807) is 19.2 Å². The number of hydrogen-bond acceptors (Lipinski definition) is 4. The lowest BCUT2D eigenvalue weighted by Crippen LogP contribution is -2.39. The largest absolute Gasteiger partial charge is 0.392 e.